The highest BCUT2D eigenvalue weighted by molar-refractivity contribution is 5.79. The molecule has 1 atom stereocenters. The van der Waals surface area contributed by atoms with Crippen molar-refractivity contribution in [2.24, 2.45) is 11.7 Å². The van der Waals surface area contributed by atoms with E-state index in [9.17, 15) is 13.6 Å². The van der Waals surface area contributed by atoms with E-state index < -0.39 is 11.6 Å². The van der Waals surface area contributed by atoms with Crippen LogP contribution >= 0.6 is 0 Å². The van der Waals surface area contributed by atoms with Crippen LogP contribution in [-0.4, -0.2) is 26.0 Å². The molecule has 110 valence electrons. The fourth-order valence-electron chi connectivity index (χ4n) is 2.60. The van der Waals surface area contributed by atoms with Gasteiger partial charge in [0.05, 0.1) is 11.6 Å². The maximum Gasteiger partial charge on any atom is 0.224 e. The number of anilines is 1. The molecule has 0 saturated carbocycles. The summed E-state index contributed by atoms with van der Waals surface area (Å²) in [5.41, 5.74) is 5.72. The van der Waals surface area contributed by atoms with Crippen molar-refractivity contribution in [3.05, 3.63) is 29.3 Å². The molecule has 1 heterocycles. The molecule has 1 saturated heterocycles. The van der Waals surface area contributed by atoms with Crippen LogP contribution in [0.4, 0.5) is 14.5 Å². The van der Waals surface area contributed by atoms with Crippen LogP contribution in [0.15, 0.2) is 12.1 Å². The van der Waals surface area contributed by atoms with Crippen LogP contribution < -0.4 is 16.0 Å². The molecule has 1 unspecified atom stereocenters. The predicted octanol–water partition coefficient (Wildman–Crippen LogP) is 1.39. The number of halogens is 2. The van der Waals surface area contributed by atoms with Crippen molar-refractivity contribution in [3.8, 4) is 0 Å². The molecule has 20 heavy (non-hydrogen) atoms. The Morgan fingerprint density at radius 2 is 2.20 bits per heavy atom. The van der Waals surface area contributed by atoms with Gasteiger partial charge in [-0.25, -0.2) is 8.78 Å². The fourth-order valence-corrected chi connectivity index (χ4v) is 2.60. The number of nitrogens with two attached hydrogens (primary N) is 1. The number of amides is 1. The molecule has 1 fully saturated rings. The quantitative estimate of drug-likeness (QED) is 0.881. The van der Waals surface area contributed by atoms with Gasteiger partial charge in [-0.15, -0.1) is 0 Å². The lowest BCUT2D eigenvalue weighted by Crippen LogP contribution is -2.42. The zero-order chi connectivity index (χ0) is 14.7. The first-order chi connectivity index (χ1) is 9.58. The highest BCUT2D eigenvalue weighted by atomic mass is 19.2. The molecule has 3 N–H and O–H groups in total. The van der Waals surface area contributed by atoms with Crippen LogP contribution in [0.3, 0.4) is 0 Å². The van der Waals surface area contributed by atoms with Crippen LogP contribution in [0.2, 0.25) is 0 Å². The molecule has 1 aliphatic rings. The van der Waals surface area contributed by atoms with E-state index in [1.807, 2.05) is 0 Å². The Kier molecular flexibility index (Phi) is 4.54. The molecule has 6 heteroatoms. The zero-order valence-electron chi connectivity index (χ0n) is 11.5. The maximum atomic E-state index is 14.1. The minimum atomic E-state index is -0.896. The Hall–Kier alpha value is -1.69. The van der Waals surface area contributed by atoms with Gasteiger partial charge in [0.1, 0.15) is 0 Å². The lowest BCUT2D eigenvalue weighted by molar-refractivity contribution is -0.124. The molecule has 1 amide bonds. The summed E-state index contributed by atoms with van der Waals surface area (Å²) in [6.45, 7) is 0.980. The van der Waals surface area contributed by atoms with E-state index in [2.05, 4.69) is 5.32 Å². The van der Waals surface area contributed by atoms with Crippen LogP contribution in [0.25, 0.3) is 0 Å². The number of hydrogen-bond donors (Lipinski definition) is 2. The molecule has 1 aliphatic heterocycles. The number of nitrogens with one attached hydrogen (secondary N) is 1. The van der Waals surface area contributed by atoms with Gasteiger partial charge >= 0.3 is 0 Å². The first-order valence-corrected chi connectivity index (χ1v) is 6.72. The molecule has 0 radical (unpaired) electrons. The second kappa shape index (κ2) is 6.17. The smallest absolute Gasteiger partial charge is 0.224 e. The molecule has 2 rings (SSSR count). The molecular formula is C14H19F2N3O. The first-order valence-electron chi connectivity index (χ1n) is 6.72. The van der Waals surface area contributed by atoms with E-state index >= 15 is 0 Å². The molecule has 0 spiro atoms. The number of hydrogen-bond acceptors (Lipinski definition) is 3. The lowest BCUT2D eigenvalue weighted by atomic mass is 9.96. The van der Waals surface area contributed by atoms with Gasteiger partial charge in [-0.2, -0.15) is 0 Å². The summed E-state index contributed by atoms with van der Waals surface area (Å²) in [6.07, 6.45) is 1.54. The van der Waals surface area contributed by atoms with E-state index in [0.717, 1.165) is 12.8 Å². The summed E-state index contributed by atoms with van der Waals surface area (Å²) in [6, 6.07) is 3.03. The largest absolute Gasteiger partial charge is 0.368 e. The summed E-state index contributed by atoms with van der Waals surface area (Å²) in [7, 11) is 1.58. The van der Waals surface area contributed by atoms with Crippen molar-refractivity contribution in [2.45, 2.75) is 19.4 Å². The van der Waals surface area contributed by atoms with E-state index in [1.165, 1.54) is 12.1 Å². The summed E-state index contributed by atoms with van der Waals surface area (Å²) in [4.78, 5) is 13.4. The summed E-state index contributed by atoms with van der Waals surface area (Å²) < 4.78 is 27.8. The van der Waals surface area contributed by atoms with Crippen molar-refractivity contribution >= 4 is 11.6 Å². The van der Waals surface area contributed by atoms with Gasteiger partial charge in [-0.1, -0.05) is 6.07 Å². The molecule has 0 aliphatic carbocycles. The average Bonchev–Trinajstić information content (AvgIpc) is 2.49. The van der Waals surface area contributed by atoms with Gasteiger partial charge < -0.3 is 16.0 Å². The maximum absolute atomic E-state index is 14.1. The number of carbonyl (C=O) groups excluding carboxylic acids is 1. The monoisotopic (exact) mass is 283 g/mol. The van der Waals surface area contributed by atoms with E-state index in [4.69, 9.17) is 5.73 Å². The molecule has 0 aromatic heterocycles. The lowest BCUT2D eigenvalue weighted by Gasteiger charge is -2.33. The highest BCUT2D eigenvalue weighted by Crippen LogP contribution is 2.28. The Morgan fingerprint density at radius 3 is 2.85 bits per heavy atom. The second-order valence-corrected chi connectivity index (χ2v) is 4.98. The third-order valence-electron chi connectivity index (χ3n) is 3.74. The molecule has 1 aromatic carbocycles. The number of benzene rings is 1. The van der Waals surface area contributed by atoms with Crippen molar-refractivity contribution in [3.63, 3.8) is 0 Å². The Balaban J connectivity index is 2.23. The normalized spacial score (nSPS) is 19.0. The summed E-state index contributed by atoms with van der Waals surface area (Å²) in [5, 5.41) is 2.60. The first kappa shape index (κ1) is 14.7. The van der Waals surface area contributed by atoms with Gasteiger partial charge in [0, 0.05) is 32.2 Å². The Labute approximate surface area is 116 Å². The SMILES string of the molecule is CNC(=O)C1CCCN(c2ccc(CN)c(F)c2F)C1. The summed E-state index contributed by atoms with van der Waals surface area (Å²) >= 11 is 0. The highest BCUT2D eigenvalue weighted by Gasteiger charge is 2.27. The molecular weight excluding hydrogens is 264 g/mol. The van der Waals surface area contributed by atoms with Crippen molar-refractivity contribution < 1.29 is 13.6 Å². The predicted molar refractivity (Wildman–Crippen MR) is 73.3 cm³/mol. The van der Waals surface area contributed by atoms with Crippen LogP contribution in [-0.2, 0) is 11.3 Å². The number of nitrogens with zero attached hydrogens (tertiary/aromatic N) is 1. The average molecular weight is 283 g/mol. The van der Waals surface area contributed by atoms with Gasteiger partial charge in [0.15, 0.2) is 11.6 Å². The minimum Gasteiger partial charge on any atom is -0.368 e. The van der Waals surface area contributed by atoms with Crippen LogP contribution in [0, 0.1) is 17.6 Å². The minimum absolute atomic E-state index is 0.0378. The second-order valence-electron chi connectivity index (χ2n) is 4.98. The van der Waals surface area contributed by atoms with Gasteiger partial charge in [-0.3, -0.25) is 4.79 Å². The standard InChI is InChI=1S/C14H19F2N3O/c1-18-14(20)10-3-2-6-19(8-10)11-5-4-9(7-17)12(15)13(11)16/h4-5,10H,2-3,6-8,17H2,1H3,(H,18,20). The van der Waals surface area contributed by atoms with Gasteiger partial charge in [0.2, 0.25) is 5.91 Å². The van der Waals surface area contributed by atoms with Crippen molar-refractivity contribution in [1.29, 1.82) is 0 Å². The van der Waals surface area contributed by atoms with E-state index in [1.54, 1.807) is 11.9 Å². The fraction of sp³-hybridized carbons (Fsp3) is 0.500. The van der Waals surface area contributed by atoms with E-state index in [-0.39, 0.29) is 29.6 Å². The number of piperidine rings is 1. The van der Waals surface area contributed by atoms with Gasteiger partial charge in [0.25, 0.3) is 0 Å². The number of carbonyl (C=O) groups is 1. The molecule has 0 bridgehead atoms. The van der Waals surface area contributed by atoms with Crippen molar-refractivity contribution in [1.82, 2.24) is 5.32 Å². The third-order valence-corrected chi connectivity index (χ3v) is 3.74. The van der Waals surface area contributed by atoms with Crippen molar-refractivity contribution in [2.75, 3.05) is 25.0 Å². The Bertz CT molecular complexity index is 507. The molecule has 1 aromatic rings. The van der Waals surface area contributed by atoms with Gasteiger partial charge in [-0.05, 0) is 18.9 Å². The van der Waals surface area contributed by atoms with Crippen LogP contribution in [0.1, 0.15) is 18.4 Å². The van der Waals surface area contributed by atoms with E-state index in [0.29, 0.717) is 13.1 Å². The third kappa shape index (κ3) is 2.75. The summed E-state index contributed by atoms with van der Waals surface area (Å²) in [5.74, 6) is -2.03. The Morgan fingerprint density at radius 1 is 1.45 bits per heavy atom. The zero-order valence-corrected chi connectivity index (χ0v) is 11.5. The number of rotatable bonds is 3. The van der Waals surface area contributed by atoms with Crippen LogP contribution in [0.5, 0.6) is 0 Å². The topological polar surface area (TPSA) is 58.4 Å². The molecule has 4 nitrogen and oxygen atoms in total.